The first kappa shape index (κ1) is 12.0. The predicted molar refractivity (Wildman–Crippen MR) is 67.9 cm³/mol. The summed E-state index contributed by atoms with van der Waals surface area (Å²) < 4.78 is 4.99. The van der Waals surface area contributed by atoms with Crippen molar-refractivity contribution in [3.8, 4) is 11.5 Å². The van der Waals surface area contributed by atoms with Gasteiger partial charge in [0, 0.05) is 12.3 Å². The molecular formula is C12H8N4O4. The third-order valence-corrected chi connectivity index (χ3v) is 2.70. The zero-order chi connectivity index (χ0) is 14.3. The summed E-state index contributed by atoms with van der Waals surface area (Å²) in [6.45, 7) is 1.74. The summed E-state index contributed by atoms with van der Waals surface area (Å²) >= 11 is 0. The number of fused-ring (bicyclic) bond motifs is 1. The van der Waals surface area contributed by atoms with E-state index in [1.807, 2.05) is 0 Å². The summed E-state index contributed by atoms with van der Waals surface area (Å²) in [7, 11) is 0. The van der Waals surface area contributed by atoms with Crippen LogP contribution in [0.1, 0.15) is 16.2 Å². The Hall–Kier alpha value is -3.03. The summed E-state index contributed by atoms with van der Waals surface area (Å²) in [5.41, 5.74) is 0.592. The minimum atomic E-state index is -0.585. The molecule has 1 aliphatic heterocycles. The number of carbonyl (C=O) groups excluding carboxylic acids is 1. The molecule has 0 saturated carbocycles. The second-order valence-electron chi connectivity index (χ2n) is 4.17. The van der Waals surface area contributed by atoms with Crippen molar-refractivity contribution in [3.63, 3.8) is 0 Å². The van der Waals surface area contributed by atoms with Gasteiger partial charge < -0.3 is 10.1 Å². The number of carbonyl (C=O) groups is 1. The number of hydrogen-bond donors (Lipinski definition) is 1. The zero-order valence-corrected chi connectivity index (χ0v) is 10.3. The molecule has 8 heteroatoms. The molecule has 0 radical (unpaired) electrons. The first-order valence-corrected chi connectivity index (χ1v) is 5.65. The maximum Gasteiger partial charge on any atom is 0.296 e. The van der Waals surface area contributed by atoms with Gasteiger partial charge >= 0.3 is 0 Å². The number of anilines is 1. The molecule has 0 atom stereocenters. The third-order valence-electron chi connectivity index (χ3n) is 2.70. The van der Waals surface area contributed by atoms with Crippen molar-refractivity contribution in [2.24, 2.45) is 0 Å². The van der Waals surface area contributed by atoms with Gasteiger partial charge in [-0.05, 0) is 6.92 Å². The van der Waals surface area contributed by atoms with Gasteiger partial charge in [0.05, 0.1) is 22.9 Å². The molecule has 2 aromatic rings. The fraction of sp³-hybridized carbons (Fsp3) is 0.0833. The first-order valence-electron chi connectivity index (χ1n) is 5.65. The molecule has 0 aliphatic carbocycles. The number of ether oxygens (including phenoxy) is 1. The van der Waals surface area contributed by atoms with Gasteiger partial charge in [0.2, 0.25) is 0 Å². The first-order chi connectivity index (χ1) is 9.54. The highest BCUT2D eigenvalue weighted by Gasteiger charge is 2.29. The van der Waals surface area contributed by atoms with E-state index in [-0.39, 0.29) is 17.1 Å². The molecule has 8 nitrogen and oxygen atoms in total. The van der Waals surface area contributed by atoms with Crippen LogP contribution in [0.4, 0.5) is 11.4 Å². The highest BCUT2D eigenvalue weighted by Crippen LogP contribution is 2.50. The second kappa shape index (κ2) is 4.26. The van der Waals surface area contributed by atoms with E-state index in [4.69, 9.17) is 4.74 Å². The van der Waals surface area contributed by atoms with Gasteiger partial charge in [0.15, 0.2) is 11.5 Å². The van der Waals surface area contributed by atoms with Crippen LogP contribution < -0.4 is 10.1 Å². The normalized spacial score (nSPS) is 11.2. The van der Waals surface area contributed by atoms with Crippen LogP contribution >= 0.6 is 0 Å². The van der Waals surface area contributed by atoms with Gasteiger partial charge in [0.25, 0.3) is 11.6 Å². The van der Waals surface area contributed by atoms with Gasteiger partial charge in [0.1, 0.15) is 11.4 Å². The molecule has 3 rings (SSSR count). The summed E-state index contributed by atoms with van der Waals surface area (Å²) in [6.07, 6.45) is 2.75. The molecule has 0 spiro atoms. The monoisotopic (exact) mass is 272 g/mol. The molecule has 0 saturated heterocycles. The smallest absolute Gasteiger partial charge is 0.296 e. The number of nitro groups is 1. The number of nitrogens with zero attached hydrogens (tertiary/aromatic N) is 3. The van der Waals surface area contributed by atoms with Crippen molar-refractivity contribution in [1.29, 1.82) is 0 Å². The SMILES string of the molecule is Cc1cnc(C(=O)Nc2cc3c(cc2[N+](=O)[O-])O3)cn1. The number of nitrogens with one attached hydrogen (secondary N) is 1. The van der Waals surface area contributed by atoms with Gasteiger partial charge in [-0.15, -0.1) is 0 Å². The molecular weight excluding hydrogens is 264 g/mol. The second-order valence-corrected chi connectivity index (χ2v) is 4.17. The van der Waals surface area contributed by atoms with Crippen molar-refractivity contribution < 1.29 is 14.5 Å². The van der Waals surface area contributed by atoms with Gasteiger partial charge in [-0.1, -0.05) is 0 Å². The minimum absolute atomic E-state index is 0.0682. The van der Waals surface area contributed by atoms with Crippen LogP contribution in [0.3, 0.4) is 0 Å². The quantitative estimate of drug-likeness (QED) is 0.443. The summed E-state index contributed by atoms with van der Waals surface area (Å²) in [5.74, 6) is 0.395. The van der Waals surface area contributed by atoms with Crippen LogP contribution in [0.25, 0.3) is 0 Å². The lowest BCUT2D eigenvalue weighted by molar-refractivity contribution is -0.383. The fourth-order valence-electron chi connectivity index (χ4n) is 1.65. The number of amides is 1. The Kier molecular flexibility index (Phi) is 2.56. The number of benzene rings is 1. The van der Waals surface area contributed by atoms with Crippen molar-refractivity contribution in [2.75, 3.05) is 5.32 Å². The maximum absolute atomic E-state index is 12.0. The fourth-order valence-corrected chi connectivity index (χ4v) is 1.65. The number of rotatable bonds is 3. The summed E-state index contributed by atoms with van der Waals surface area (Å²) in [6, 6.07) is 2.68. The lowest BCUT2D eigenvalue weighted by atomic mass is 10.2. The van der Waals surface area contributed by atoms with Crippen LogP contribution in [-0.2, 0) is 0 Å². The number of aromatic nitrogens is 2. The Morgan fingerprint density at radius 2 is 2.05 bits per heavy atom. The Bertz CT molecular complexity index is 727. The minimum Gasteiger partial charge on any atom is -0.449 e. The maximum atomic E-state index is 12.0. The molecule has 100 valence electrons. The Balaban J connectivity index is 1.88. The van der Waals surface area contributed by atoms with E-state index >= 15 is 0 Å². The summed E-state index contributed by atoms with van der Waals surface area (Å²) in [5, 5.41) is 13.4. The van der Waals surface area contributed by atoms with Crippen molar-refractivity contribution in [2.45, 2.75) is 6.92 Å². The molecule has 2 heterocycles. The molecule has 1 amide bonds. The zero-order valence-electron chi connectivity index (χ0n) is 10.3. The van der Waals surface area contributed by atoms with Crippen LogP contribution in [0.15, 0.2) is 24.5 Å². The van der Waals surface area contributed by atoms with E-state index in [2.05, 4.69) is 15.3 Å². The van der Waals surface area contributed by atoms with E-state index in [0.29, 0.717) is 17.2 Å². The lowest BCUT2D eigenvalue weighted by Crippen LogP contribution is -2.14. The number of nitro benzene ring substituents is 1. The van der Waals surface area contributed by atoms with Crippen LogP contribution in [-0.4, -0.2) is 20.8 Å². The van der Waals surface area contributed by atoms with Gasteiger partial charge in [-0.2, -0.15) is 0 Å². The summed E-state index contributed by atoms with van der Waals surface area (Å²) in [4.78, 5) is 30.2. The third kappa shape index (κ3) is 2.14. The van der Waals surface area contributed by atoms with E-state index in [1.54, 1.807) is 6.92 Å². The highest BCUT2D eigenvalue weighted by molar-refractivity contribution is 6.04. The van der Waals surface area contributed by atoms with Crippen molar-refractivity contribution >= 4 is 17.3 Å². The number of hydrogen-bond acceptors (Lipinski definition) is 6. The topological polar surface area (TPSA) is 111 Å². The Labute approximate surface area is 112 Å². The molecule has 1 aromatic carbocycles. The molecule has 20 heavy (non-hydrogen) atoms. The van der Waals surface area contributed by atoms with Crippen LogP contribution in [0.5, 0.6) is 11.5 Å². The van der Waals surface area contributed by atoms with E-state index in [9.17, 15) is 14.9 Å². The molecule has 1 N–H and O–H groups in total. The molecule has 0 fully saturated rings. The molecule has 0 unspecified atom stereocenters. The Morgan fingerprint density at radius 1 is 1.30 bits per heavy atom. The van der Waals surface area contributed by atoms with Crippen molar-refractivity contribution in [3.05, 3.63) is 46.0 Å². The van der Waals surface area contributed by atoms with Crippen LogP contribution in [0.2, 0.25) is 0 Å². The van der Waals surface area contributed by atoms with Crippen molar-refractivity contribution in [1.82, 2.24) is 9.97 Å². The highest BCUT2D eigenvalue weighted by atomic mass is 16.6. The van der Waals surface area contributed by atoms with E-state index in [1.165, 1.54) is 24.5 Å². The average Bonchev–Trinajstić information content (AvgIpc) is 3.16. The standard InChI is InChI=1S/C12H8N4O4/c1-6-4-14-8(5-13-6)12(17)15-7-2-10-11(20-10)3-9(7)16(18)19/h2-5H,1H3,(H,15,17). The Morgan fingerprint density at radius 3 is 2.70 bits per heavy atom. The average molecular weight is 272 g/mol. The predicted octanol–water partition coefficient (Wildman–Crippen LogP) is 2.05. The lowest BCUT2D eigenvalue weighted by Gasteiger charge is -2.04. The molecule has 0 bridgehead atoms. The van der Waals surface area contributed by atoms with Gasteiger partial charge in [-0.3, -0.25) is 19.9 Å². The number of aryl methyl sites for hydroxylation is 1. The van der Waals surface area contributed by atoms with Crippen LogP contribution in [0, 0.1) is 17.0 Å². The van der Waals surface area contributed by atoms with E-state index < -0.39 is 10.8 Å². The largest absolute Gasteiger partial charge is 0.449 e. The van der Waals surface area contributed by atoms with E-state index in [0.717, 1.165) is 0 Å². The molecule has 1 aromatic heterocycles. The van der Waals surface area contributed by atoms with Gasteiger partial charge in [-0.25, -0.2) is 4.98 Å². The molecule has 1 aliphatic rings.